The second-order valence-electron chi connectivity index (χ2n) is 2.97. The normalized spacial score (nSPS) is 12.5. The number of aryl methyl sites for hydroxylation is 1. The Balaban J connectivity index is 2.83. The summed E-state index contributed by atoms with van der Waals surface area (Å²) < 4.78 is 4.91. The van der Waals surface area contributed by atoms with Crippen molar-refractivity contribution in [2.45, 2.75) is 26.7 Å². The smallest absolute Gasteiger partial charge is 0.314 e. The summed E-state index contributed by atoms with van der Waals surface area (Å²) in [5, 5.41) is 0.494. The Bertz CT molecular complexity index is 336. The van der Waals surface area contributed by atoms with Gasteiger partial charge in [-0.2, -0.15) is 0 Å². The summed E-state index contributed by atoms with van der Waals surface area (Å²) in [7, 11) is 0. The van der Waals surface area contributed by atoms with Crippen molar-refractivity contribution < 1.29 is 9.53 Å². The highest BCUT2D eigenvalue weighted by Gasteiger charge is 2.21. The second kappa shape index (κ2) is 4.41. The number of anilines is 1. The molecule has 1 heterocycles. The largest absolute Gasteiger partial charge is 0.465 e. The molecule has 0 bridgehead atoms. The zero-order valence-electron chi connectivity index (χ0n) is 8.53. The standard InChI is InChI=1S/C9H14N2O2S/c1-4-13-8(12)5(2)7-6(3)14-9(10)11-7/h5H,4H2,1-3H3,(H2,10,11). The summed E-state index contributed by atoms with van der Waals surface area (Å²) in [6.07, 6.45) is 0. The third-order valence-corrected chi connectivity index (χ3v) is 2.72. The van der Waals surface area contributed by atoms with Crippen molar-refractivity contribution in [1.29, 1.82) is 0 Å². The third kappa shape index (κ3) is 2.23. The molecule has 1 unspecified atom stereocenters. The molecule has 1 aromatic heterocycles. The van der Waals surface area contributed by atoms with E-state index >= 15 is 0 Å². The number of hydrogen-bond acceptors (Lipinski definition) is 5. The second-order valence-corrected chi connectivity index (χ2v) is 4.20. The van der Waals surface area contributed by atoms with E-state index in [4.69, 9.17) is 10.5 Å². The minimum absolute atomic E-state index is 0.249. The fraction of sp³-hybridized carbons (Fsp3) is 0.556. The quantitative estimate of drug-likeness (QED) is 0.778. The molecule has 0 aliphatic heterocycles. The first kappa shape index (κ1) is 11.0. The Hall–Kier alpha value is -1.10. The highest BCUT2D eigenvalue weighted by atomic mass is 32.1. The van der Waals surface area contributed by atoms with Crippen molar-refractivity contribution in [3.8, 4) is 0 Å². The van der Waals surface area contributed by atoms with Crippen LogP contribution in [0.15, 0.2) is 0 Å². The van der Waals surface area contributed by atoms with E-state index in [1.165, 1.54) is 11.3 Å². The number of aromatic nitrogens is 1. The predicted molar refractivity (Wildman–Crippen MR) is 56.3 cm³/mol. The van der Waals surface area contributed by atoms with Crippen LogP contribution < -0.4 is 5.73 Å². The van der Waals surface area contributed by atoms with Crippen LogP contribution in [0.5, 0.6) is 0 Å². The van der Waals surface area contributed by atoms with Gasteiger partial charge in [-0.15, -0.1) is 11.3 Å². The Morgan fingerprint density at radius 1 is 1.71 bits per heavy atom. The first-order chi connectivity index (χ1) is 6.56. The molecular weight excluding hydrogens is 200 g/mol. The Labute approximate surface area is 87.1 Å². The number of rotatable bonds is 3. The van der Waals surface area contributed by atoms with Gasteiger partial charge in [0.25, 0.3) is 0 Å². The lowest BCUT2D eigenvalue weighted by Crippen LogP contribution is -2.14. The maximum absolute atomic E-state index is 11.4. The van der Waals surface area contributed by atoms with Gasteiger partial charge in [-0.1, -0.05) is 0 Å². The SMILES string of the molecule is CCOC(=O)C(C)c1nc(N)sc1C. The summed E-state index contributed by atoms with van der Waals surface area (Å²) >= 11 is 1.39. The molecule has 0 fully saturated rings. The van der Waals surface area contributed by atoms with E-state index in [1.54, 1.807) is 13.8 Å². The van der Waals surface area contributed by atoms with Crippen molar-refractivity contribution in [3.05, 3.63) is 10.6 Å². The predicted octanol–water partition coefficient (Wildman–Crippen LogP) is 1.70. The zero-order chi connectivity index (χ0) is 10.7. The minimum atomic E-state index is -0.330. The summed E-state index contributed by atoms with van der Waals surface area (Å²) in [5.74, 6) is -0.579. The lowest BCUT2D eigenvalue weighted by molar-refractivity contribution is -0.144. The van der Waals surface area contributed by atoms with Crippen LogP contribution in [-0.4, -0.2) is 17.6 Å². The topological polar surface area (TPSA) is 65.2 Å². The van der Waals surface area contributed by atoms with E-state index in [0.717, 1.165) is 10.6 Å². The molecule has 2 N–H and O–H groups in total. The molecule has 0 aliphatic rings. The number of ether oxygens (including phenoxy) is 1. The maximum atomic E-state index is 11.4. The van der Waals surface area contributed by atoms with Crippen LogP contribution in [0, 0.1) is 6.92 Å². The molecule has 0 amide bonds. The maximum Gasteiger partial charge on any atom is 0.314 e. The summed E-state index contributed by atoms with van der Waals surface area (Å²) in [6.45, 7) is 5.85. The van der Waals surface area contributed by atoms with Gasteiger partial charge < -0.3 is 10.5 Å². The molecule has 0 saturated carbocycles. The van der Waals surface area contributed by atoms with Crippen molar-refractivity contribution in [2.75, 3.05) is 12.3 Å². The Morgan fingerprint density at radius 3 is 2.79 bits per heavy atom. The van der Waals surface area contributed by atoms with Crippen LogP contribution in [0.4, 0.5) is 5.13 Å². The van der Waals surface area contributed by atoms with E-state index < -0.39 is 0 Å². The molecule has 1 aromatic rings. The summed E-state index contributed by atoms with van der Waals surface area (Å²) in [5.41, 5.74) is 6.27. The van der Waals surface area contributed by atoms with E-state index in [9.17, 15) is 4.79 Å². The van der Waals surface area contributed by atoms with Gasteiger partial charge >= 0.3 is 5.97 Å². The highest BCUT2D eigenvalue weighted by molar-refractivity contribution is 7.15. The molecular formula is C9H14N2O2S. The van der Waals surface area contributed by atoms with Gasteiger partial charge in [0.05, 0.1) is 18.2 Å². The van der Waals surface area contributed by atoms with Crippen molar-refractivity contribution in [2.24, 2.45) is 0 Å². The van der Waals surface area contributed by atoms with Gasteiger partial charge in [-0.25, -0.2) is 4.98 Å². The van der Waals surface area contributed by atoms with Crippen LogP contribution in [0.25, 0.3) is 0 Å². The molecule has 0 spiro atoms. The molecule has 0 aliphatic carbocycles. The number of nitrogens with zero attached hydrogens (tertiary/aromatic N) is 1. The molecule has 0 aromatic carbocycles. The third-order valence-electron chi connectivity index (χ3n) is 1.90. The fourth-order valence-electron chi connectivity index (χ4n) is 1.21. The average Bonchev–Trinajstić information content (AvgIpc) is 2.44. The molecule has 0 saturated heterocycles. The van der Waals surface area contributed by atoms with Crippen molar-refractivity contribution in [3.63, 3.8) is 0 Å². The number of nitrogen functional groups attached to an aromatic ring is 1. The highest BCUT2D eigenvalue weighted by Crippen LogP contribution is 2.26. The van der Waals surface area contributed by atoms with E-state index in [1.807, 2.05) is 6.92 Å². The number of nitrogens with two attached hydrogens (primary N) is 1. The molecule has 5 heteroatoms. The molecule has 0 radical (unpaired) electrons. The van der Waals surface area contributed by atoms with Crippen molar-refractivity contribution in [1.82, 2.24) is 4.98 Å². The van der Waals surface area contributed by atoms with Crippen LogP contribution in [0.1, 0.15) is 30.3 Å². The minimum Gasteiger partial charge on any atom is -0.465 e. The number of esters is 1. The fourth-order valence-corrected chi connectivity index (χ4v) is 1.99. The summed E-state index contributed by atoms with van der Waals surface area (Å²) in [6, 6.07) is 0. The number of carbonyl (C=O) groups is 1. The van der Waals surface area contributed by atoms with Gasteiger partial charge in [0.1, 0.15) is 0 Å². The van der Waals surface area contributed by atoms with Crippen LogP contribution >= 0.6 is 11.3 Å². The van der Waals surface area contributed by atoms with E-state index in [-0.39, 0.29) is 11.9 Å². The van der Waals surface area contributed by atoms with Gasteiger partial charge in [0.15, 0.2) is 5.13 Å². The van der Waals surface area contributed by atoms with E-state index in [2.05, 4.69) is 4.98 Å². The van der Waals surface area contributed by atoms with Crippen LogP contribution in [0.2, 0.25) is 0 Å². The number of carbonyl (C=O) groups excluding carboxylic acids is 1. The lowest BCUT2D eigenvalue weighted by atomic mass is 10.1. The van der Waals surface area contributed by atoms with Gasteiger partial charge in [-0.05, 0) is 20.8 Å². The molecule has 1 rings (SSSR count). The number of hydrogen-bond donors (Lipinski definition) is 1. The molecule has 78 valence electrons. The molecule has 1 atom stereocenters. The summed E-state index contributed by atoms with van der Waals surface area (Å²) in [4.78, 5) is 16.5. The lowest BCUT2D eigenvalue weighted by Gasteiger charge is -2.08. The Morgan fingerprint density at radius 2 is 2.36 bits per heavy atom. The zero-order valence-corrected chi connectivity index (χ0v) is 9.35. The molecule has 14 heavy (non-hydrogen) atoms. The van der Waals surface area contributed by atoms with Crippen LogP contribution in [0.3, 0.4) is 0 Å². The van der Waals surface area contributed by atoms with Crippen LogP contribution in [-0.2, 0) is 9.53 Å². The van der Waals surface area contributed by atoms with Crippen molar-refractivity contribution >= 4 is 22.4 Å². The first-order valence-electron chi connectivity index (χ1n) is 4.45. The van der Waals surface area contributed by atoms with Gasteiger partial charge in [-0.3, -0.25) is 4.79 Å². The monoisotopic (exact) mass is 214 g/mol. The first-order valence-corrected chi connectivity index (χ1v) is 5.27. The molecule has 4 nitrogen and oxygen atoms in total. The van der Waals surface area contributed by atoms with Gasteiger partial charge in [0, 0.05) is 4.88 Å². The van der Waals surface area contributed by atoms with Gasteiger partial charge in [0.2, 0.25) is 0 Å². The number of thiazole rings is 1. The average molecular weight is 214 g/mol. The Kier molecular flexibility index (Phi) is 3.46. The van der Waals surface area contributed by atoms with E-state index in [0.29, 0.717) is 11.7 Å².